The number of nitrogens with zero attached hydrogens (tertiary/aromatic N) is 4. The second-order valence-electron chi connectivity index (χ2n) is 11.3. The minimum absolute atomic E-state index is 0.00800. The highest BCUT2D eigenvalue weighted by Crippen LogP contribution is 2.47. The second kappa shape index (κ2) is 16.7. The first-order chi connectivity index (χ1) is 25.0. The van der Waals surface area contributed by atoms with Crippen LogP contribution in [0.3, 0.4) is 0 Å². The zero-order chi connectivity index (χ0) is 38.8. The van der Waals surface area contributed by atoms with Crippen molar-refractivity contribution in [2.45, 2.75) is 37.8 Å². The van der Waals surface area contributed by atoms with E-state index in [1.54, 1.807) is 12.1 Å². The van der Waals surface area contributed by atoms with Gasteiger partial charge >= 0.3 is 11.9 Å². The highest BCUT2D eigenvalue weighted by molar-refractivity contribution is 8.30. The number of thiazole rings is 2. The van der Waals surface area contributed by atoms with Gasteiger partial charge < -0.3 is 24.6 Å². The summed E-state index contributed by atoms with van der Waals surface area (Å²) in [7, 11) is -1.13. The fraction of sp³-hybridized carbons (Fsp3) is 0.355. The number of methoxy groups -OCH3 is 1. The first kappa shape index (κ1) is 40.4. The van der Waals surface area contributed by atoms with Gasteiger partial charge in [-0.15, -0.1) is 22.7 Å². The Morgan fingerprint density at radius 2 is 1.66 bits per heavy atom. The van der Waals surface area contributed by atoms with Crippen LogP contribution in [0.1, 0.15) is 19.8 Å². The normalized spacial score (nSPS) is 17.5. The van der Waals surface area contributed by atoms with Crippen molar-refractivity contribution >= 4 is 107 Å². The lowest BCUT2D eigenvalue weighted by molar-refractivity contribution is -0.138. The van der Waals surface area contributed by atoms with E-state index in [9.17, 15) is 42.6 Å². The lowest BCUT2D eigenvalue weighted by Crippen LogP contribution is -2.32. The van der Waals surface area contributed by atoms with Gasteiger partial charge in [-0.05, 0) is 36.6 Å². The molecule has 0 bridgehead atoms. The van der Waals surface area contributed by atoms with Gasteiger partial charge in [0, 0.05) is 31.2 Å². The molecule has 0 saturated carbocycles. The molecule has 1 amide bonds. The van der Waals surface area contributed by atoms with Crippen molar-refractivity contribution in [3.63, 3.8) is 0 Å². The second-order valence-corrected chi connectivity index (χ2v) is 17.6. The van der Waals surface area contributed by atoms with Gasteiger partial charge in [-0.3, -0.25) is 42.6 Å². The number of thioether (sulfide) groups is 2. The summed E-state index contributed by atoms with van der Waals surface area (Å²) in [4.78, 5) is 68.8. The lowest BCUT2D eigenvalue weighted by Gasteiger charge is -2.21. The highest BCUT2D eigenvalue weighted by Gasteiger charge is 2.32. The molecule has 1 aromatic carbocycles. The van der Waals surface area contributed by atoms with Crippen LogP contribution in [0.4, 0.5) is 5.69 Å². The van der Waals surface area contributed by atoms with Crippen molar-refractivity contribution in [2.75, 3.05) is 44.6 Å². The van der Waals surface area contributed by atoms with E-state index in [0.717, 1.165) is 54.2 Å². The molecule has 53 heavy (non-hydrogen) atoms. The maximum atomic E-state index is 14.0. The molecule has 1 fully saturated rings. The lowest BCUT2D eigenvalue weighted by atomic mass is 10.2. The van der Waals surface area contributed by atoms with E-state index < -0.39 is 57.9 Å². The number of aliphatic carboxylic acids is 2. The largest absolute Gasteiger partial charge is 0.497 e. The van der Waals surface area contributed by atoms with E-state index in [1.165, 1.54) is 30.8 Å². The number of amides is 1. The molecule has 0 unspecified atom stereocenters. The van der Waals surface area contributed by atoms with Crippen LogP contribution in [0.25, 0.3) is 10.5 Å². The Balaban J connectivity index is 1.70. The molecule has 5 rings (SSSR count). The third-order valence-corrected chi connectivity index (χ3v) is 13.9. The number of carboxylic acids is 2. The maximum Gasteiger partial charge on any atom is 0.323 e. The van der Waals surface area contributed by atoms with Gasteiger partial charge in [0.05, 0.1) is 34.7 Å². The minimum Gasteiger partial charge on any atom is -0.497 e. The van der Waals surface area contributed by atoms with Gasteiger partial charge in [0.15, 0.2) is 0 Å². The third-order valence-electron chi connectivity index (χ3n) is 7.76. The van der Waals surface area contributed by atoms with Crippen LogP contribution in [0.15, 0.2) is 43.8 Å². The van der Waals surface area contributed by atoms with E-state index in [-0.39, 0.29) is 47.3 Å². The molecule has 1 saturated heterocycles. The van der Waals surface area contributed by atoms with Gasteiger partial charge in [-0.2, -0.15) is 8.42 Å². The van der Waals surface area contributed by atoms with Crippen LogP contribution >= 0.6 is 58.4 Å². The van der Waals surface area contributed by atoms with Crippen molar-refractivity contribution in [1.82, 2.24) is 14.0 Å². The molecule has 2 aliphatic heterocycles. The number of aromatic nitrogens is 2. The zero-order valence-corrected chi connectivity index (χ0v) is 33.1. The number of allylic oxidation sites excluding steroid dienone is 1. The molecule has 0 atom stereocenters. The Morgan fingerprint density at radius 3 is 2.25 bits per heavy atom. The predicted octanol–water partition coefficient (Wildman–Crippen LogP) is 1.50. The Hall–Kier alpha value is -3.77. The number of benzene rings is 1. The summed E-state index contributed by atoms with van der Waals surface area (Å²) in [5.41, 5.74) is -0.163. The number of fused-ring (bicyclic) bond motifs is 1. The summed E-state index contributed by atoms with van der Waals surface area (Å²) in [5, 5.41) is 20.1. The van der Waals surface area contributed by atoms with E-state index in [4.69, 9.17) is 26.2 Å². The number of ether oxygens (including phenoxy) is 2. The topological polar surface area (TPSA) is 215 Å². The van der Waals surface area contributed by atoms with Gasteiger partial charge in [-0.1, -0.05) is 42.7 Å². The molecular weight excluding hydrogens is 813 g/mol. The van der Waals surface area contributed by atoms with Gasteiger partial charge in [-0.25, -0.2) is 0 Å². The Bertz CT molecular complexity index is 2500. The molecule has 2 aromatic heterocycles. The summed E-state index contributed by atoms with van der Waals surface area (Å²) in [6.07, 6.45) is 2.21. The zero-order valence-electron chi connectivity index (χ0n) is 28.2. The molecule has 3 N–H and O–H groups in total. The van der Waals surface area contributed by atoms with Gasteiger partial charge in [0.1, 0.15) is 41.9 Å². The first-order valence-electron chi connectivity index (χ1n) is 15.6. The van der Waals surface area contributed by atoms with Crippen LogP contribution in [-0.2, 0) is 42.3 Å². The van der Waals surface area contributed by atoms with E-state index in [1.807, 2.05) is 24.0 Å². The Labute approximate surface area is 322 Å². The average molecular weight is 845 g/mol. The van der Waals surface area contributed by atoms with Crippen molar-refractivity contribution < 1.29 is 47.0 Å². The van der Waals surface area contributed by atoms with Crippen LogP contribution < -0.4 is 30.0 Å². The molecule has 0 radical (unpaired) electrons. The monoisotopic (exact) mass is 844 g/mol. The van der Waals surface area contributed by atoms with Crippen LogP contribution in [0.5, 0.6) is 5.75 Å². The summed E-state index contributed by atoms with van der Waals surface area (Å²) in [6, 6.07) is 5.51. The van der Waals surface area contributed by atoms with Crippen LogP contribution in [0, 0.1) is 9.20 Å². The summed E-state index contributed by atoms with van der Waals surface area (Å²) in [6.45, 7) is 0.818. The van der Waals surface area contributed by atoms with E-state index >= 15 is 0 Å². The highest BCUT2D eigenvalue weighted by atomic mass is 32.2. The number of carboxylic acid groups (broad SMARTS) is 2. The molecule has 22 heteroatoms. The van der Waals surface area contributed by atoms with Gasteiger partial charge in [0.2, 0.25) is 0 Å². The number of hydrogen-bond acceptors (Lipinski definition) is 15. The number of anilines is 1. The Morgan fingerprint density at radius 1 is 0.981 bits per heavy atom. The minimum atomic E-state index is -4.12. The van der Waals surface area contributed by atoms with Crippen LogP contribution in [-0.4, -0.2) is 99.1 Å². The molecule has 3 aromatic rings. The fourth-order valence-electron chi connectivity index (χ4n) is 5.25. The molecule has 2 aliphatic rings. The van der Waals surface area contributed by atoms with Crippen LogP contribution in [0.2, 0.25) is 0 Å². The number of carbonyl (C=O) groups excluding carboxylic acids is 1. The first-order valence-corrected chi connectivity index (χ1v) is 20.9. The van der Waals surface area contributed by atoms with Crippen molar-refractivity contribution in [3.05, 3.63) is 68.4 Å². The number of rotatable bonds is 14. The Kier molecular flexibility index (Phi) is 12.7. The van der Waals surface area contributed by atoms with E-state index in [0.29, 0.717) is 29.3 Å². The summed E-state index contributed by atoms with van der Waals surface area (Å²) in [5.74, 6) is -3.07. The van der Waals surface area contributed by atoms with Crippen molar-refractivity contribution in [2.24, 2.45) is 0 Å². The van der Waals surface area contributed by atoms with Crippen molar-refractivity contribution in [1.29, 1.82) is 0 Å². The number of thiocarbonyl (C=S) groups is 1. The smallest absolute Gasteiger partial charge is 0.323 e. The molecule has 284 valence electrons. The standard InChI is InChI=1S/C31H32N4O12S6/c1-4-16(12-20-33(8-10-47-9-5-11-53(43,44)45)18-13-17(46-3)6-7-19(18)49-20)23-27(41)34(14-21(36)37)30(50-23)25-28(42)35(15-22(38)39)29(51-25)24-26(40)32(2)31(48)52-24/h6-7,12-13H,4-5,8-11,14-15H2,1-3H3,(H,36,37)(H,38,39)(H,43,44,45)/b20-12?,23-16+,29-24+,30-25+. The quantitative estimate of drug-likeness (QED) is 0.119. The van der Waals surface area contributed by atoms with Gasteiger partial charge in [0.25, 0.3) is 27.1 Å². The molecular formula is C31H32N4O12S6. The predicted molar refractivity (Wildman–Crippen MR) is 206 cm³/mol. The third kappa shape index (κ3) is 8.96. The summed E-state index contributed by atoms with van der Waals surface area (Å²) >= 11 is 9.22. The fourth-order valence-corrected chi connectivity index (χ4v) is 10.7. The summed E-state index contributed by atoms with van der Waals surface area (Å²) < 4.78 is 44.3. The molecule has 0 spiro atoms. The molecule has 0 aliphatic carbocycles. The SMILES string of the molecule is CC/C(C=C1Sc2ccc(OC)cc2N1CCOCCCS(=O)(=O)O)=c1\s/c(=c2/s/c(=C3/SC(=S)N(C)C3=O)n(CC(=O)O)c2=O)n(CC(=O)O)c1=O. The number of hydrogen-bond donors (Lipinski definition) is 3. The maximum absolute atomic E-state index is 14.0. The molecule has 4 heterocycles. The van der Waals surface area contributed by atoms with E-state index in [2.05, 4.69) is 0 Å². The van der Waals surface area contributed by atoms with Crippen molar-refractivity contribution in [3.8, 4) is 5.75 Å². The molecule has 16 nitrogen and oxygen atoms in total. The number of carbonyl (C=O) groups is 3. The average Bonchev–Trinajstić information content (AvgIpc) is 3.78.